The lowest BCUT2D eigenvalue weighted by Crippen LogP contribution is -2.29. The van der Waals surface area contributed by atoms with Crippen LogP contribution in [-0.4, -0.2) is 36.6 Å². The lowest BCUT2D eigenvalue weighted by molar-refractivity contribution is 0.218. The Bertz CT molecular complexity index is 294. The average Bonchev–Trinajstić information content (AvgIpc) is 2.25. The van der Waals surface area contributed by atoms with Gasteiger partial charge < -0.3 is 14.8 Å². The Morgan fingerprint density at radius 2 is 2.20 bits per heavy atom. The first-order valence-corrected chi connectivity index (χ1v) is 5.91. The van der Waals surface area contributed by atoms with Gasteiger partial charge in [0, 0.05) is 18.6 Å². The Morgan fingerprint density at radius 3 is 2.87 bits per heavy atom. The maximum atomic E-state index is 8.99. The van der Waals surface area contributed by atoms with E-state index in [4.69, 9.17) is 14.8 Å². The zero-order valence-electron chi connectivity index (χ0n) is 8.72. The van der Waals surface area contributed by atoms with Gasteiger partial charge >= 0.3 is 7.12 Å². The van der Waals surface area contributed by atoms with Crippen molar-refractivity contribution in [2.75, 3.05) is 19.5 Å². The Morgan fingerprint density at radius 1 is 1.40 bits per heavy atom. The van der Waals surface area contributed by atoms with Crippen LogP contribution in [0.3, 0.4) is 0 Å². The van der Waals surface area contributed by atoms with Crippen molar-refractivity contribution in [2.45, 2.75) is 5.75 Å². The van der Waals surface area contributed by atoms with Crippen molar-refractivity contribution in [3.63, 3.8) is 0 Å². The van der Waals surface area contributed by atoms with Gasteiger partial charge in [-0.2, -0.15) is 11.8 Å². The minimum atomic E-state index is -1.38. The zero-order chi connectivity index (χ0) is 11.1. The molecule has 5 heteroatoms. The predicted octanol–water partition coefficient (Wildman–Crippen LogP) is 0.246. The van der Waals surface area contributed by atoms with Gasteiger partial charge in [-0.05, 0) is 11.0 Å². The zero-order valence-corrected chi connectivity index (χ0v) is 9.54. The van der Waals surface area contributed by atoms with Gasteiger partial charge in [0.25, 0.3) is 0 Å². The summed E-state index contributed by atoms with van der Waals surface area (Å²) < 4.78 is 4.94. The topological polar surface area (TPSA) is 49.7 Å². The molecule has 0 aliphatic rings. The van der Waals surface area contributed by atoms with Gasteiger partial charge in [0.2, 0.25) is 0 Å². The van der Waals surface area contributed by atoms with E-state index in [1.54, 1.807) is 24.9 Å². The summed E-state index contributed by atoms with van der Waals surface area (Å²) in [7, 11) is 0.303. The van der Waals surface area contributed by atoms with Gasteiger partial charge in [0.15, 0.2) is 0 Å². The van der Waals surface area contributed by atoms with Crippen LogP contribution in [0.4, 0.5) is 0 Å². The maximum absolute atomic E-state index is 8.99. The van der Waals surface area contributed by atoms with E-state index >= 15 is 0 Å². The third kappa shape index (κ3) is 4.71. The minimum Gasteiger partial charge on any atom is -0.423 e. The lowest BCUT2D eigenvalue weighted by atomic mass is 9.80. The molecule has 0 heterocycles. The highest BCUT2D eigenvalue weighted by molar-refractivity contribution is 7.98. The van der Waals surface area contributed by atoms with Gasteiger partial charge in [-0.25, -0.2) is 0 Å². The summed E-state index contributed by atoms with van der Waals surface area (Å²) in [5, 5.41) is 18.0. The van der Waals surface area contributed by atoms with Gasteiger partial charge in [-0.1, -0.05) is 24.3 Å². The molecule has 1 aromatic carbocycles. The highest BCUT2D eigenvalue weighted by atomic mass is 32.2. The molecular weight excluding hydrogens is 211 g/mol. The Kier molecular flexibility index (Phi) is 5.79. The molecule has 0 aromatic heterocycles. The van der Waals surface area contributed by atoms with Crippen LogP contribution in [0.5, 0.6) is 0 Å². The van der Waals surface area contributed by atoms with Gasteiger partial charge in [-0.15, -0.1) is 0 Å². The number of hydrogen-bond acceptors (Lipinski definition) is 4. The van der Waals surface area contributed by atoms with E-state index in [2.05, 4.69) is 0 Å². The largest absolute Gasteiger partial charge is 0.488 e. The molecule has 0 fully saturated rings. The summed E-state index contributed by atoms with van der Waals surface area (Å²) in [5.74, 6) is 1.81. The van der Waals surface area contributed by atoms with Crippen molar-refractivity contribution in [3.05, 3.63) is 29.8 Å². The maximum Gasteiger partial charge on any atom is 0.488 e. The molecule has 0 aliphatic heterocycles. The fraction of sp³-hybridized carbons (Fsp3) is 0.400. The van der Waals surface area contributed by atoms with Gasteiger partial charge in [-0.3, -0.25) is 0 Å². The van der Waals surface area contributed by atoms with Crippen LogP contribution in [0.15, 0.2) is 24.3 Å². The molecule has 15 heavy (non-hydrogen) atoms. The first-order valence-electron chi connectivity index (χ1n) is 4.75. The summed E-state index contributed by atoms with van der Waals surface area (Å²) in [4.78, 5) is 0. The number of hydrogen-bond donors (Lipinski definition) is 2. The second kappa shape index (κ2) is 6.90. The number of ether oxygens (including phenoxy) is 1. The van der Waals surface area contributed by atoms with Crippen molar-refractivity contribution in [1.29, 1.82) is 0 Å². The Hall–Kier alpha value is -0.485. The standard InChI is InChI=1S/C10H15BO3S/c1-14-5-6-15-8-9-3-2-4-10(7-9)11(12)13/h2-4,7,12-13H,5-6,8H2,1H3. The molecule has 2 N–H and O–H groups in total. The van der Waals surface area contributed by atoms with Crippen molar-refractivity contribution >= 4 is 24.3 Å². The predicted molar refractivity (Wildman–Crippen MR) is 64.3 cm³/mol. The van der Waals surface area contributed by atoms with Gasteiger partial charge in [0.05, 0.1) is 6.61 Å². The normalized spacial score (nSPS) is 10.3. The minimum absolute atomic E-state index is 0.542. The number of rotatable bonds is 6. The van der Waals surface area contributed by atoms with Crippen LogP contribution in [-0.2, 0) is 10.5 Å². The van der Waals surface area contributed by atoms with E-state index in [1.807, 2.05) is 18.2 Å². The number of thioether (sulfide) groups is 1. The third-order valence-electron chi connectivity index (χ3n) is 1.95. The molecule has 0 saturated heterocycles. The first-order chi connectivity index (χ1) is 7.24. The molecular formula is C10H15BO3S. The molecule has 3 nitrogen and oxygen atoms in total. The fourth-order valence-corrected chi connectivity index (χ4v) is 2.02. The second-order valence-electron chi connectivity index (χ2n) is 3.16. The van der Waals surface area contributed by atoms with Gasteiger partial charge in [0.1, 0.15) is 0 Å². The van der Waals surface area contributed by atoms with Crippen molar-refractivity contribution in [1.82, 2.24) is 0 Å². The molecule has 1 rings (SSSR count). The second-order valence-corrected chi connectivity index (χ2v) is 4.27. The van der Waals surface area contributed by atoms with Crippen LogP contribution >= 0.6 is 11.8 Å². The summed E-state index contributed by atoms with van der Waals surface area (Å²) in [5.41, 5.74) is 1.64. The number of methoxy groups -OCH3 is 1. The summed E-state index contributed by atoms with van der Waals surface area (Å²) in [6, 6.07) is 7.32. The molecule has 0 spiro atoms. The van der Waals surface area contributed by atoms with Crippen molar-refractivity contribution in [2.24, 2.45) is 0 Å². The monoisotopic (exact) mass is 226 g/mol. The van der Waals surface area contributed by atoms with E-state index in [-0.39, 0.29) is 0 Å². The van der Waals surface area contributed by atoms with E-state index in [0.717, 1.165) is 23.7 Å². The molecule has 0 atom stereocenters. The quantitative estimate of drug-likeness (QED) is 0.539. The molecule has 0 bridgehead atoms. The third-order valence-corrected chi connectivity index (χ3v) is 2.94. The highest BCUT2D eigenvalue weighted by Gasteiger charge is 2.10. The SMILES string of the molecule is COCCSCc1cccc(B(O)O)c1. The summed E-state index contributed by atoms with van der Waals surface area (Å²) in [6.07, 6.45) is 0. The molecule has 0 aliphatic carbocycles. The summed E-state index contributed by atoms with van der Waals surface area (Å²) >= 11 is 1.76. The highest BCUT2D eigenvalue weighted by Crippen LogP contribution is 2.10. The van der Waals surface area contributed by atoms with Crippen LogP contribution in [0.25, 0.3) is 0 Å². The molecule has 0 radical (unpaired) electrons. The molecule has 0 saturated carbocycles. The van der Waals surface area contributed by atoms with Crippen LogP contribution in [0, 0.1) is 0 Å². The van der Waals surface area contributed by atoms with Crippen LogP contribution in [0.1, 0.15) is 5.56 Å². The first kappa shape index (κ1) is 12.6. The fourth-order valence-electron chi connectivity index (χ4n) is 1.18. The molecule has 0 unspecified atom stereocenters. The Balaban J connectivity index is 2.43. The molecule has 82 valence electrons. The summed E-state index contributed by atoms with van der Waals surface area (Å²) in [6.45, 7) is 0.743. The van der Waals surface area contributed by atoms with E-state index in [0.29, 0.717) is 5.46 Å². The smallest absolute Gasteiger partial charge is 0.423 e. The van der Waals surface area contributed by atoms with Crippen LogP contribution in [0.2, 0.25) is 0 Å². The van der Waals surface area contributed by atoms with Crippen molar-refractivity contribution in [3.8, 4) is 0 Å². The molecule has 1 aromatic rings. The number of benzene rings is 1. The lowest BCUT2D eigenvalue weighted by Gasteiger charge is -2.04. The van der Waals surface area contributed by atoms with Crippen LogP contribution < -0.4 is 5.46 Å². The van der Waals surface area contributed by atoms with E-state index in [1.165, 1.54) is 0 Å². The van der Waals surface area contributed by atoms with Crippen molar-refractivity contribution < 1.29 is 14.8 Å². The Labute approximate surface area is 94.6 Å². The van der Waals surface area contributed by atoms with E-state index in [9.17, 15) is 0 Å². The molecule has 0 amide bonds. The van der Waals surface area contributed by atoms with E-state index < -0.39 is 7.12 Å². The average molecular weight is 226 g/mol.